The van der Waals surface area contributed by atoms with Crippen LogP contribution in [0.3, 0.4) is 0 Å². The molecule has 0 aromatic heterocycles. The number of alkyl halides is 3. The van der Waals surface area contributed by atoms with Gasteiger partial charge >= 0.3 is 6.18 Å². The van der Waals surface area contributed by atoms with Crippen LogP contribution < -0.4 is 5.32 Å². The van der Waals surface area contributed by atoms with Gasteiger partial charge in [-0.15, -0.1) is 11.8 Å². The van der Waals surface area contributed by atoms with Gasteiger partial charge in [0.15, 0.2) is 0 Å². The fourth-order valence-corrected chi connectivity index (χ4v) is 4.96. The van der Waals surface area contributed by atoms with Crippen LogP contribution in [0.4, 0.5) is 13.2 Å². The monoisotopic (exact) mass is 556 g/mol. The number of hydrogen-bond donors (Lipinski definition) is 1. The minimum atomic E-state index is -4.83. The highest BCUT2D eigenvalue weighted by Crippen LogP contribution is 2.50. The van der Waals surface area contributed by atoms with Gasteiger partial charge in [0, 0.05) is 28.5 Å². The van der Waals surface area contributed by atoms with Crippen LogP contribution >= 0.6 is 58.2 Å². The summed E-state index contributed by atoms with van der Waals surface area (Å²) in [7, 11) is 0. The Morgan fingerprint density at radius 3 is 2.36 bits per heavy atom. The molecule has 1 amide bonds. The Bertz CT molecular complexity index is 1120. The van der Waals surface area contributed by atoms with E-state index < -0.39 is 18.2 Å². The van der Waals surface area contributed by atoms with Crippen LogP contribution in [-0.4, -0.2) is 29.6 Å². The number of carbonyl (C=O) groups is 1. The van der Waals surface area contributed by atoms with Crippen LogP contribution in [0.25, 0.3) is 0 Å². The summed E-state index contributed by atoms with van der Waals surface area (Å²) < 4.78 is 42.6. The summed E-state index contributed by atoms with van der Waals surface area (Å²) in [5.74, 6) is 0.0981. The summed E-state index contributed by atoms with van der Waals surface area (Å²) in [6.07, 6.45) is -3.46. The van der Waals surface area contributed by atoms with E-state index in [9.17, 15) is 18.0 Å². The Labute approximate surface area is 211 Å². The average molecular weight is 558 g/mol. The summed E-state index contributed by atoms with van der Waals surface area (Å²) in [6.45, 7) is 0. The summed E-state index contributed by atoms with van der Waals surface area (Å²) in [4.78, 5) is 17.5. The van der Waals surface area contributed by atoms with Crippen LogP contribution in [0.1, 0.15) is 30.4 Å². The molecule has 1 aliphatic carbocycles. The van der Waals surface area contributed by atoms with Gasteiger partial charge in [-0.25, -0.2) is 0 Å². The Morgan fingerprint density at radius 2 is 1.79 bits per heavy atom. The first-order valence-corrected chi connectivity index (χ1v) is 12.2. The molecule has 2 aromatic carbocycles. The first-order valence-electron chi connectivity index (χ1n) is 9.69. The Morgan fingerprint density at radius 1 is 1.12 bits per heavy atom. The zero-order valence-corrected chi connectivity index (χ0v) is 20.5. The molecule has 1 aliphatic heterocycles. The van der Waals surface area contributed by atoms with Crippen molar-refractivity contribution in [2.75, 3.05) is 5.75 Å². The first-order chi connectivity index (χ1) is 15.5. The van der Waals surface area contributed by atoms with E-state index in [0.717, 1.165) is 25.0 Å². The number of rotatable bonds is 6. The Balaban J connectivity index is 1.54. The highest BCUT2D eigenvalue weighted by molar-refractivity contribution is 8.00. The maximum atomic E-state index is 14.2. The van der Waals surface area contributed by atoms with Gasteiger partial charge < -0.3 is 10.2 Å². The molecular formula is C21H15Cl4F3N2O2S. The zero-order chi connectivity index (χ0) is 24.0. The molecule has 1 saturated carbocycles. The molecule has 4 rings (SSSR count). The predicted molar refractivity (Wildman–Crippen MR) is 125 cm³/mol. The fraction of sp³-hybridized carbons (Fsp3) is 0.333. The summed E-state index contributed by atoms with van der Waals surface area (Å²) in [6, 6.07) is 7.12. The molecule has 4 nitrogen and oxygen atoms in total. The number of nitrogens with zero attached hydrogens (tertiary/aromatic N) is 1. The van der Waals surface area contributed by atoms with Crippen molar-refractivity contribution in [3.05, 3.63) is 61.5 Å². The number of amides is 1. The van der Waals surface area contributed by atoms with Crippen molar-refractivity contribution in [1.29, 1.82) is 0 Å². The van der Waals surface area contributed by atoms with Gasteiger partial charge in [0.2, 0.25) is 5.91 Å². The highest BCUT2D eigenvalue weighted by atomic mass is 35.5. The molecule has 12 heteroatoms. The van der Waals surface area contributed by atoms with Crippen LogP contribution in [0.15, 0.2) is 40.4 Å². The third-order valence-electron chi connectivity index (χ3n) is 5.20. The molecule has 1 atom stereocenters. The topological polar surface area (TPSA) is 50.7 Å². The normalized spacial score (nSPS) is 20.4. The maximum absolute atomic E-state index is 14.2. The Hall–Kier alpha value is -1.32. The van der Waals surface area contributed by atoms with Crippen molar-refractivity contribution in [2.24, 2.45) is 5.16 Å². The molecule has 0 spiro atoms. The molecule has 33 heavy (non-hydrogen) atoms. The van der Waals surface area contributed by atoms with E-state index in [-0.39, 0.29) is 44.0 Å². The molecule has 176 valence electrons. The maximum Gasteiger partial charge on any atom is 0.435 e. The number of hydrogen-bond acceptors (Lipinski definition) is 4. The van der Waals surface area contributed by atoms with Crippen LogP contribution in [0.2, 0.25) is 20.1 Å². The second-order valence-electron chi connectivity index (χ2n) is 7.66. The van der Waals surface area contributed by atoms with E-state index in [1.807, 2.05) is 0 Å². The van der Waals surface area contributed by atoms with Gasteiger partial charge in [-0.1, -0.05) is 57.6 Å². The molecule has 0 saturated heterocycles. The zero-order valence-electron chi connectivity index (χ0n) is 16.6. The van der Waals surface area contributed by atoms with Crippen molar-refractivity contribution < 1.29 is 22.8 Å². The molecule has 2 aliphatic rings. The van der Waals surface area contributed by atoms with Crippen LogP contribution in [0.5, 0.6) is 0 Å². The van der Waals surface area contributed by atoms with Crippen LogP contribution in [-0.2, 0) is 15.2 Å². The number of benzene rings is 2. The summed E-state index contributed by atoms with van der Waals surface area (Å²) >= 11 is 25.4. The lowest BCUT2D eigenvalue weighted by molar-refractivity contribution is -0.275. The standard InChI is InChI=1S/C21H15Cl4F3N2O2S/c22-13-5-10(1-4-17(13)33-9-18(31)29-12-2-3-12)16-8-20(32-30-16,21(26,27)28)11-6-14(23)19(25)15(24)7-11/h1,4-7,12H,2-3,8-9H2,(H,29,31)/t20-/m0/s1. The number of carbonyl (C=O) groups excluding carboxylic acids is 1. The molecule has 1 heterocycles. The predicted octanol–water partition coefficient (Wildman–Crippen LogP) is 7.25. The lowest BCUT2D eigenvalue weighted by Gasteiger charge is -2.30. The third-order valence-corrected chi connectivity index (χ3v) is 7.90. The molecule has 1 N–H and O–H groups in total. The fourth-order valence-electron chi connectivity index (χ4n) is 3.28. The molecule has 0 unspecified atom stereocenters. The number of halogens is 7. The molecule has 2 aromatic rings. The van der Waals surface area contributed by atoms with Gasteiger partial charge in [0.1, 0.15) is 0 Å². The number of oxime groups is 1. The van der Waals surface area contributed by atoms with Gasteiger partial charge in [-0.2, -0.15) is 13.2 Å². The van der Waals surface area contributed by atoms with Crippen molar-refractivity contribution in [3.8, 4) is 0 Å². The molecule has 0 radical (unpaired) electrons. The summed E-state index contributed by atoms with van der Waals surface area (Å²) in [5.41, 5.74) is -2.67. The quantitative estimate of drug-likeness (QED) is 0.300. The van der Waals surface area contributed by atoms with Gasteiger partial charge in [0.05, 0.1) is 31.6 Å². The van der Waals surface area contributed by atoms with E-state index >= 15 is 0 Å². The highest BCUT2D eigenvalue weighted by Gasteiger charge is 2.62. The van der Waals surface area contributed by atoms with Gasteiger partial charge in [-0.05, 0) is 37.1 Å². The van der Waals surface area contributed by atoms with E-state index in [4.69, 9.17) is 51.2 Å². The molecule has 1 fully saturated rings. The molecular weight excluding hydrogens is 543 g/mol. The van der Waals surface area contributed by atoms with Crippen LogP contribution in [0, 0.1) is 0 Å². The second kappa shape index (κ2) is 9.38. The Kier molecular flexibility index (Phi) is 7.05. The van der Waals surface area contributed by atoms with E-state index in [1.54, 1.807) is 12.1 Å². The van der Waals surface area contributed by atoms with Gasteiger partial charge in [-0.3, -0.25) is 4.79 Å². The smallest absolute Gasteiger partial charge is 0.374 e. The third kappa shape index (κ3) is 5.20. The largest absolute Gasteiger partial charge is 0.435 e. The van der Waals surface area contributed by atoms with E-state index in [2.05, 4.69) is 10.5 Å². The number of thioether (sulfide) groups is 1. The van der Waals surface area contributed by atoms with Crippen molar-refractivity contribution in [3.63, 3.8) is 0 Å². The van der Waals surface area contributed by atoms with Crippen molar-refractivity contribution in [2.45, 2.75) is 42.0 Å². The number of nitrogens with one attached hydrogen (secondary N) is 1. The van der Waals surface area contributed by atoms with Gasteiger partial charge in [0.25, 0.3) is 5.60 Å². The van der Waals surface area contributed by atoms with Crippen molar-refractivity contribution >= 4 is 69.8 Å². The average Bonchev–Trinajstić information content (AvgIpc) is 3.42. The summed E-state index contributed by atoms with van der Waals surface area (Å²) in [5, 5.41) is 6.58. The lowest BCUT2D eigenvalue weighted by Crippen LogP contribution is -2.42. The lowest BCUT2D eigenvalue weighted by atomic mass is 9.86. The second-order valence-corrected chi connectivity index (χ2v) is 10.3. The molecule has 0 bridgehead atoms. The van der Waals surface area contributed by atoms with E-state index in [1.165, 1.54) is 17.8 Å². The SMILES string of the molecule is O=C(CSc1ccc(C2=NO[C@@](c3cc(Cl)c(Cl)c(Cl)c3)(C(F)(F)F)C2)cc1Cl)NC1CC1. The van der Waals surface area contributed by atoms with Crippen molar-refractivity contribution in [1.82, 2.24) is 5.32 Å². The minimum absolute atomic E-state index is 0.0516. The first kappa shape index (κ1) is 24.8. The minimum Gasteiger partial charge on any atom is -0.374 e. The van der Waals surface area contributed by atoms with E-state index in [0.29, 0.717) is 15.5 Å².